The maximum absolute atomic E-state index is 5.73. The third-order valence-corrected chi connectivity index (χ3v) is 2.46. The van der Waals surface area contributed by atoms with E-state index in [0.29, 0.717) is 6.54 Å². The molecule has 0 radical (unpaired) electrons. The molecule has 0 aromatic carbocycles. The molecule has 1 saturated heterocycles. The molecule has 3 heteroatoms. The van der Waals surface area contributed by atoms with Crippen LogP contribution in [0.1, 0.15) is 12.8 Å². The smallest absolute Gasteiger partial charge is 0.0484 e. The van der Waals surface area contributed by atoms with Crippen LogP contribution >= 0.6 is 0 Å². The van der Waals surface area contributed by atoms with Crippen LogP contribution in [0.2, 0.25) is 0 Å². The molecule has 70 valence electrons. The molecule has 0 aliphatic carbocycles. The van der Waals surface area contributed by atoms with Crippen molar-refractivity contribution in [2.24, 2.45) is 5.73 Å². The molecular formula is C9H18N2O. The lowest BCUT2D eigenvalue weighted by atomic mass is 9.90. The van der Waals surface area contributed by atoms with Gasteiger partial charge in [-0.25, -0.2) is 0 Å². The summed E-state index contributed by atoms with van der Waals surface area (Å²) in [4.78, 5) is 0. The Hall–Kier alpha value is -0.380. The number of hydrogen-bond donors (Lipinski definition) is 2. The summed E-state index contributed by atoms with van der Waals surface area (Å²) in [6.45, 7) is 6.83. The molecule has 1 heterocycles. The van der Waals surface area contributed by atoms with Gasteiger partial charge in [-0.2, -0.15) is 0 Å². The number of nitrogens with one attached hydrogen (secondary N) is 1. The van der Waals surface area contributed by atoms with E-state index in [4.69, 9.17) is 10.5 Å². The first-order valence-corrected chi connectivity index (χ1v) is 4.47. The van der Waals surface area contributed by atoms with Crippen LogP contribution in [0.15, 0.2) is 12.7 Å². The molecule has 0 spiro atoms. The summed E-state index contributed by atoms with van der Waals surface area (Å²) in [6.07, 6.45) is 3.89. The molecule has 0 aromatic rings. The Kier molecular flexibility index (Phi) is 3.72. The molecule has 0 amide bonds. The van der Waals surface area contributed by atoms with Crippen molar-refractivity contribution in [2.75, 3.05) is 26.3 Å². The topological polar surface area (TPSA) is 47.3 Å². The second kappa shape index (κ2) is 4.60. The van der Waals surface area contributed by atoms with Crippen molar-refractivity contribution < 1.29 is 4.74 Å². The standard InChI is InChI=1S/C9H18N2O/c1-2-5-11-9(8-10)3-6-12-7-4-9/h2,11H,1,3-8,10H2. The Balaban J connectivity index is 2.41. The van der Waals surface area contributed by atoms with Gasteiger partial charge >= 0.3 is 0 Å². The first kappa shape index (κ1) is 9.71. The zero-order chi connectivity index (χ0) is 8.86. The Morgan fingerprint density at radius 2 is 2.17 bits per heavy atom. The molecule has 0 saturated carbocycles. The molecule has 0 unspecified atom stereocenters. The quantitative estimate of drug-likeness (QED) is 0.595. The van der Waals surface area contributed by atoms with Crippen molar-refractivity contribution in [3.05, 3.63) is 12.7 Å². The van der Waals surface area contributed by atoms with Crippen molar-refractivity contribution >= 4 is 0 Å². The molecule has 3 N–H and O–H groups in total. The Morgan fingerprint density at radius 3 is 2.67 bits per heavy atom. The number of hydrogen-bond acceptors (Lipinski definition) is 3. The minimum Gasteiger partial charge on any atom is -0.381 e. The lowest BCUT2D eigenvalue weighted by Crippen LogP contribution is -2.54. The summed E-state index contributed by atoms with van der Waals surface area (Å²) >= 11 is 0. The second-order valence-electron chi connectivity index (χ2n) is 3.27. The fraction of sp³-hybridized carbons (Fsp3) is 0.778. The third kappa shape index (κ3) is 2.30. The van der Waals surface area contributed by atoms with Crippen molar-refractivity contribution in [2.45, 2.75) is 18.4 Å². The number of nitrogens with two attached hydrogens (primary N) is 1. The molecule has 1 rings (SSSR count). The Morgan fingerprint density at radius 1 is 1.50 bits per heavy atom. The second-order valence-corrected chi connectivity index (χ2v) is 3.27. The lowest BCUT2D eigenvalue weighted by molar-refractivity contribution is 0.0429. The molecule has 0 bridgehead atoms. The van der Waals surface area contributed by atoms with Crippen LogP contribution in [-0.4, -0.2) is 31.8 Å². The Bertz CT molecular complexity index is 141. The van der Waals surface area contributed by atoms with E-state index in [0.717, 1.165) is 32.6 Å². The average Bonchev–Trinajstić information content (AvgIpc) is 2.16. The summed E-state index contributed by atoms with van der Waals surface area (Å²) in [5, 5.41) is 3.41. The summed E-state index contributed by atoms with van der Waals surface area (Å²) in [7, 11) is 0. The zero-order valence-corrected chi connectivity index (χ0v) is 7.51. The van der Waals surface area contributed by atoms with E-state index in [-0.39, 0.29) is 5.54 Å². The lowest BCUT2D eigenvalue weighted by Gasteiger charge is -2.36. The van der Waals surface area contributed by atoms with Gasteiger partial charge in [-0.05, 0) is 12.8 Å². The number of rotatable bonds is 4. The fourth-order valence-corrected chi connectivity index (χ4v) is 1.50. The fourth-order valence-electron chi connectivity index (χ4n) is 1.50. The van der Waals surface area contributed by atoms with Crippen molar-refractivity contribution in [1.82, 2.24) is 5.32 Å². The molecule has 1 fully saturated rings. The van der Waals surface area contributed by atoms with Gasteiger partial charge in [-0.1, -0.05) is 6.08 Å². The highest BCUT2D eigenvalue weighted by atomic mass is 16.5. The van der Waals surface area contributed by atoms with E-state index in [1.54, 1.807) is 0 Å². The SMILES string of the molecule is C=CCNC1(CN)CCOCC1. The maximum Gasteiger partial charge on any atom is 0.0484 e. The minimum atomic E-state index is 0.104. The van der Waals surface area contributed by atoms with Crippen LogP contribution in [0.3, 0.4) is 0 Å². The molecule has 0 atom stereocenters. The van der Waals surface area contributed by atoms with Gasteiger partial charge < -0.3 is 15.8 Å². The molecule has 12 heavy (non-hydrogen) atoms. The van der Waals surface area contributed by atoms with Gasteiger partial charge in [0.05, 0.1) is 0 Å². The zero-order valence-electron chi connectivity index (χ0n) is 7.51. The van der Waals surface area contributed by atoms with Gasteiger partial charge in [0.1, 0.15) is 0 Å². The van der Waals surface area contributed by atoms with Crippen LogP contribution in [0, 0.1) is 0 Å². The van der Waals surface area contributed by atoms with E-state index in [9.17, 15) is 0 Å². The van der Waals surface area contributed by atoms with Crippen molar-refractivity contribution in [1.29, 1.82) is 0 Å². The van der Waals surface area contributed by atoms with E-state index in [2.05, 4.69) is 11.9 Å². The van der Waals surface area contributed by atoms with Gasteiger partial charge in [0.25, 0.3) is 0 Å². The summed E-state index contributed by atoms with van der Waals surface area (Å²) < 4.78 is 5.29. The highest BCUT2D eigenvalue weighted by molar-refractivity contribution is 4.92. The molecule has 0 aromatic heterocycles. The molecule has 1 aliphatic rings. The maximum atomic E-state index is 5.73. The molecular weight excluding hydrogens is 152 g/mol. The normalized spacial score (nSPS) is 22.1. The van der Waals surface area contributed by atoms with Crippen LogP contribution in [0.25, 0.3) is 0 Å². The summed E-state index contributed by atoms with van der Waals surface area (Å²) in [5.74, 6) is 0. The van der Waals surface area contributed by atoms with Crippen molar-refractivity contribution in [3.63, 3.8) is 0 Å². The van der Waals surface area contributed by atoms with Gasteiger partial charge in [0, 0.05) is 31.8 Å². The first-order valence-electron chi connectivity index (χ1n) is 4.47. The Labute approximate surface area is 74.0 Å². The molecule has 1 aliphatic heterocycles. The van der Waals surface area contributed by atoms with Crippen LogP contribution in [-0.2, 0) is 4.74 Å². The van der Waals surface area contributed by atoms with Gasteiger partial charge in [0.2, 0.25) is 0 Å². The van der Waals surface area contributed by atoms with Crippen molar-refractivity contribution in [3.8, 4) is 0 Å². The minimum absolute atomic E-state index is 0.104. The van der Waals surface area contributed by atoms with Gasteiger partial charge in [-0.15, -0.1) is 6.58 Å². The predicted octanol–water partition coefficient (Wildman–Crippen LogP) is 0.270. The highest BCUT2D eigenvalue weighted by Gasteiger charge is 2.29. The predicted molar refractivity (Wildman–Crippen MR) is 50.0 cm³/mol. The van der Waals surface area contributed by atoms with Crippen LogP contribution in [0.4, 0.5) is 0 Å². The van der Waals surface area contributed by atoms with E-state index >= 15 is 0 Å². The van der Waals surface area contributed by atoms with E-state index < -0.39 is 0 Å². The van der Waals surface area contributed by atoms with Crippen LogP contribution in [0.5, 0.6) is 0 Å². The van der Waals surface area contributed by atoms with Crippen LogP contribution < -0.4 is 11.1 Å². The first-order chi connectivity index (χ1) is 5.83. The highest BCUT2D eigenvalue weighted by Crippen LogP contribution is 2.18. The van der Waals surface area contributed by atoms with E-state index in [1.165, 1.54) is 0 Å². The summed E-state index contributed by atoms with van der Waals surface area (Å²) in [5.41, 5.74) is 5.83. The van der Waals surface area contributed by atoms with Gasteiger partial charge in [-0.3, -0.25) is 0 Å². The monoisotopic (exact) mass is 170 g/mol. The third-order valence-electron chi connectivity index (χ3n) is 2.46. The summed E-state index contributed by atoms with van der Waals surface area (Å²) in [6, 6.07) is 0. The number of ether oxygens (including phenoxy) is 1. The average molecular weight is 170 g/mol. The van der Waals surface area contributed by atoms with Gasteiger partial charge in [0.15, 0.2) is 0 Å². The van der Waals surface area contributed by atoms with E-state index in [1.807, 2.05) is 6.08 Å². The molecule has 3 nitrogen and oxygen atoms in total. The largest absolute Gasteiger partial charge is 0.381 e.